The molecular formula is C11H10Cl2N2O. The summed E-state index contributed by atoms with van der Waals surface area (Å²) < 4.78 is 1.64. The van der Waals surface area contributed by atoms with Crippen LogP contribution in [0.15, 0.2) is 24.4 Å². The van der Waals surface area contributed by atoms with E-state index in [4.69, 9.17) is 23.2 Å². The van der Waals surface area contributed by atoms with Crippen molar-refractivity contribution in [3.05, 3.63) is 40.1 Å². The molecule has 5 heteroatoms. The zero-order valence-electron chi connectivity index (χ0n) is 8.61. The number of aromatic nitrogens is 2. The fraction of sp³-hybridized carbons (Fsp3) is 0.182. The Morgan fingerprint density at radius 2 is 2.06 bits per heavy atom. The van der Waals surface area contributed by atoms with E-state index in [0.717, 1.165) is 16.8 Å². The number of hydrogen-bond donors (Lipinski definition) is 1. The molecule has 0 bridgehead atoms. The molecule has 0 saturated heterocycles. The van der Waals surface area contributed by atoms with Gasteiger partial charge >= 0.3 is 0 Å². The Balaban J connectivity index is 2.54. The Hall–Kier alpha value is -1.03. The van der Waals surface area contributed by atoms with Crippen LogP contribution in [-0.2, 0) is 13.7 Å². The van der Waals surface area contributed by atoms with Crippen molar-refractivity contribution in [1.82, 2.24) is 9.78 Å². The van der Waals surface area contributed by atoms with Crippen molar-refractivity contribution in [2.24, 2.45) is 7.05 Å². The number of nitrogens with zero attached hydrogens (tertiary/aromatic N) is 2. The standard InChI is InChI=1S/C11H10Cl2N2O/c1-15-11(6-16)8(5-14-15)7-2-3-9(12)10(13)4-7/h2-5,16H,6H2,1H3. The van der Waals surface area contributed by atoms with Crippen molar-refractivity contribution >= 4 is 23.2 Å². The highest BCUT2D eigenvalue weighted by atomic mass is 35.5. The zero-order chi connectivity index (χ0) is 11.7. The number of aryl methyl sites for hydroxylation is 1. The summed E-state index contributed by atoms with van der Waals surface area (Å²) in [4.78, 5) is 0. The van der Waals surface area contributed by atoms with Gasteiger partial charge in [-0.15, -0.1) is 0 Å². The molecule has 1 heterocycles. The van der Waals surface area contributed by atoms with Crippen molar-refractivity contribution in [3.8, 4) is 11.1 Å². The van der Waals surface area contributed by atoms with E-state index in [2.05, 4.69) is 5.10 Å². The lowest BCUT2D eigenvalue weighted by molar-refractivity contribution is 0.271. The van der Waals surface area contributed by atoms with Gasteiger partial charge in [-0.2, -0.15) is 5.10 Å². The quantitative estimate of drug-likeness (QED) is 0.898. The fourth-order valence-corrected chi connectivity index (χ4v) is 1.85. The Morgan fingerprint density at radius 1 is 1.31 bits per heavy atom. The molecule has 1 N–H and O–H groups in total. The Bertz CT molecular complexity index is 523. The third-order valence-electron chi connectivity index (χ3n) is 2.44. The number of aliphatic hydroxyl groups excluding tert-OH is 1. The summed E-state index contributed by atoms with van der Waals surface area (Å²) in [5, 5.41) is 14.4. The van der Waals surface area contributed by atoms with Crippen LogP contribution >= 0.6 is 23.2 Å². The average molecular weight is 257 g/mol. The molecule has 0 amide bonds. The normalized spacial score (nSPS) is 10.8. The molecule has 0 aliphatic heterocycles. The van der Waals surface area contributed by atoms with Crippen LogP contribution in [0, 0.1) is 0 Å². The molecule has 2 rings (SSSR count). The number of aliphatic hydroxyl groups is 1. The SMILES string of the molecule is Cn1ncc(-c2ccc(Cl)c(Cl)c2)c1CO. The third kappa shape index (κ3) is 1.94. The number of rotatable bonds is 2. The van der Waals surface area contributed by atoms with E-state index in [-0.39, 0.29) is 6.61 Å². The Kier molecular flexibility index (Phi) is 3.19. The monoisotopic (exact) mass is 256 g/mol. The Labute approximate surface area is 103 Å². The molecule has 0 saturated carbocycles. The zero-order valence-corrected chi connectivity index (χ0v) is 10.1. The smallest absolute Gasteiger partial charge is 0.0856 e. The maximum absolute atomic E-state index is 9.25. The lowest BCUT2D eigenvalue weighted by atomic mass is 10.1. The summed E-state index contributed by atoms with van der Waals surface area (Å²) in [5.74, 6) is 0. The highest BCUT2D eigenvalue weighted by molar-refractivity contribution is 6.42. The van der Waals surface area contributed by atoms with Crippen LogP contribution in [0.25, 0.3) is 11.1 Å². The molecule has 0 spiro atoms. The van der Waals surface area contributed by atoms with Crippen LogP contribution in [0.4, 0.5) is 0 Å². The summed E-state index contributed by atoms with van der Waals surface area (Å²) in [7, 11) is 1.78. The van der Waals surface area contributed by atoms with E-state index in [1.54, 1.807) is 30.1 Å². The second-order valence-electron chi connectivity index (χ2n) is 3.42. The van der Waals surface area contributed by atoms with Crippen molar-refractivity contribution < 1.29 is 5.11 Å². The fourth-order valence-electron chi connectivity index (χ4n) is 1.56. The molecule has 2 aromatic rings. The first-order valence-corrected chi connectivity index (χ1v) is 5.46. The molecule has 0 radical (unpaired) electrons. The number of benzene rings is 1. The van der Waals surface area contributed by atoms with E-state index in [0.29, 0.717) is 10.0 Å². The molecule has 84 valence electrons. The lowest BCUT2D eigenvalue weighted by Gasteiger charge is -2.04. The van der Waals surface area contributed by atoms with Gasteiger partial charge in [0.05, 0.1) is 28.5 Å². The van der Waals surface area contributed by atoms with Crippen LogP contribution < -0.4 is 0 Å². The van der Waals surface area contributed by atoms with E-state index in [1.165, 1.54) is 0 Å². The maximum Gasteiger partial charge on any atom is 0.0856 e. The minimum absolute atomic E-state index is 0.0634. The largest absolute Gasteiger partial charge is 0.390 e. The molecule has 0 aliphatic rings. The van der Waals surface area contributed by atoms with Crippen molar-refractivity contribution in [2.45, 2.75) is 6.61 Å². The molecule has 3 nitrogen and oxygen atoms in total. The predicted octanol–water partition coefficient (Wildman–Crippen LogP) is 2.89. The molecule has 0 aliphatic carbocycles. The number of hydrogen-bond acceptors (Lipinski definition) is 2. The van der Waals surface area contributed by atoms with Gasteiger partial charge in [-0.1, -0.05) is 29.3 Å². The van der Waals surface area contributed by atoms with Gasteiger partial charge in [-0.25, -0.2) is 0 Å². The van der Waals surface area contributed by atoms with Gasteiger partial charge in [0.15, 0.2) is 0 Å². The second kappa shape index (κ2) is 4.45. The van der Waals surface area contributed by atoms with Crippen LogP contribution in [0.3, 0.4) is 0 Å². The molecule has 0 fully saturated rings. The summed E-state index contributed by atoms with van der Waals surface area (Å²) in [6.45, 7) is -0.0634. The van der Waals surface area contributed by atoms with Crippen LogP contribution in [0.2, 0.25) is 10.0 Å². The first kappa shape index (κ1) is 11.5. The van der Waals surface area contributed by atoms with E-state index < -0.39 is 0 Å². The van der Waals surface area contributed by atoms with Crippen molar-refractivity contribution in [3.63, 3.8) is 0 Å². The molecule has 1 aromatic carbocycles. The first-order chi connectivity index (χ1) is 7.63. The summed E-state index contributed by atoms with van der Waals surface area (Å²) in [6.07, 6.45) is 1.70. The minimum Gasteiger partial charge on any atom is -0.390 e. The topological polar surface area (TPSA) is 38.0 Å². The molecule has 0 unspecified atom stereocenters. The van der Waals surface area contributed by atoms with Gasteiger partial charge in [0.2, 0.25) is 0 Å². The second-order valence-corrected chi connectivity index (χ2v) is 4.23. The van der Waals surface area contributed by atoms with E-state index >= 15 is 0 Å². The average Bonchev–Trinajstić information content (AvgIpc) is 2.63. The van der Waals surface area contributed by atoms with Gasteiger partial charge < -0.3 is 5.11 Å². The van der Waals surface area contributed by atoms with Gasteiger partial charge in [0, 0.05) is 12.6 Å². The van der Waals surface area contributed by atoms with Gasteiger partial charge in [0.1, 0.15) is 0 Å². The van der Waals surface area contributed by atoms with Crippen LogP contribution in [0.5, 0.6) is 0 Å². The molecular weight excluding hydrogens is 247 g/mol. The van der Waals surface area contributed by atoms with Gasteiger partial charge in [-0.3, -0.25) is 4.68 Å². The summed E-state index contributed by atoms with van der Waals surface area (Å²) in [6, 6.07) is 5.35. The third-order valence-corrected chi connectivity index (χ3v) is 3.18. The predicted molar refractivity (Wildman–Crippen MR) is 64.6 cm³/mol. The van der Waals surface area contributed by atoms with Crippen molar-refractivity contribution in [1.29, 1.82) is 0 Å². The number of halogens is 2. The van der Waals surface area contributed by atoms with E-state index in [1.807, 2.05) is 6.07 Å². The molecule has 1 aromatic heterocycles. The lowest BCUT2D eigenvalue weighted by Crippen LogP contribution is -1.98. The maximum atomic E-state index is 9.25. The van der Waals surface area contributed by atoms with Gasteiger partial charge in [-0.05, 0) is 17.7 Å². The molecule has 16 heavy (non-hydrogen) atoms. The highest BCUT2D eigenvalue weighted by Gasteiger charge is 2.10. The first-order valence-electron chi connectivity index (χ1n) is 4.70. The van der Waals surface area contributed by atoms with Crippen molar-refractivity contribution in [2.75, 3.05) is 0 Å². The summed E-state index contributed by atoms with van der Waals surface area (Å²) in [5.41, 5.74) is 2.51. The van der Waals surface area contributed by atoms with Crippen LogP contribution in [-0.4, -0.2) is 14.9 Å². The summed E-state index contributed by atoms with van der Waals surface area (Å²) >= 11 is 11.8. The molecule has 0 atom stereocenters. The van der Waals surface area contributed by atoms with Gasteiger partial charge in [0.25, 0.3) is 0 Å². The minimum atomic E-state index is -0.0634. The highest BCUT2D eigenvalue weighted by Crippen LogP contribution is 2.30. The Morgan fingerprint density at radius 3 is 2.69 bits per heavy atom. The van der Waals surface area contributed by atoms with E-state index in [9.17, 15) is 5.11 Å². The van der Waals surface area contributed by atoms with Crippen LogP contribution in [0.1, 0.15) is 5.69 Å².